The molecule has 0 radical (unpaired) electrons. The van der Waals surface area contributed by atoms with E-state index in [9.17, 15) is 13.2 Å². The molecule has 0 atom stereocenters. The lowest BCUT2D eigenvalue weighted by Gasteiger charge is -2.05. The van der Waals surface area contributed by atoms with Crippen LogP contribution in [0.15, 0.2) is 11.4 Å². The Bertz CT molecular complexity index is 597. The van der Waals surface area contributed by atoms with Gasteiger partial charge in [-0.05, 0) is 6.07 Å². The van der Waals surface area contributed by atoms with Crippen LogP contribution in [0.2, 0.25) is 0 Å². The van der Waals surface area contributed by atoms with Crippen molar-refractivity contribution >= 4 is 27.6 Å². The van der Waals surface area contributed by atoms with Crippen LogP contribution in [-0.4, -0.2) is 33.3 Å². The second-order valence-corrected chi connectivity index (χ2v) is 5.68. The molecule has 0 aliphatic heterocycles. The molecule has 0 fully saturated rings. The molecule has 0 spiro atoms. The summed E-state index contributed by atoms with van der Waals surface area (Å²) in [6, 6.07) is 1.69. The number of hydrogen-bond acceptors (Lipinski definition) is 6. The van der Waals surface area contributed by atoms with Gasteiger partial charge in [-0.25, -0.2) is 9.52 Å². The number of ether oxygens (including phenoxy) is 1. The minimum absolute atomic E-state index is 0.0256. The smallest absolute Gasteiger partial charge is 0.421 e. The summed E-state index contributed by atoms with van der Waals surface area (Å²) < 4.78 is 30.8. The maximum absolute atomic E-state index is 11.4. The predicted molar refractivity (Wildman–Crippen MR) is 69.6 cm³/mol. The monoisotopic (exact) mass is 304 g/mol. The standard InChI is InChI=1S/C10H12N2O5S2/c1-17-10(14)12-19(15,16)11-6-9-5-8(7-18-9)3-2-4-13/h5,7,11,13H,4,6H2,1H3,(H,12,14). The molecule has 3 N–H and O–H groups in total. The molecule has 19 heavy (non-hydrogen) atoms. The van der Waals surface area contributed by atoms with Crippen LogP contribution in [0.4, 0.5) is 4.79 Å². The van der Waals surface area contributed by atoms with E-state index < -0.39 is 16.3 Å². The van der Waals surface area contributed by atoms with E-state index >= 15 is 0 Å². The highest BCUT2D eigenvalue weighted by atomic mass is 32.2. The highest BCUT2D eigenvalue weighted by Gasteiger charge is 2.14. The molecule has 1 heterocycles. The predicted octanol–water partition coefficient (Wildman–Crippen LogP) is -0.218. The molecule has 1 amide bonds. The van der Waals surface area contributed by atoms with Gasteiger partial charge in [-0.3, -0.25) is 0 Å². The zero-order valence-electron chi connectivity index (χ0n) is 9.97. The third-order valence-corrected chi connectivity index (χ3v) is 3.70. The normalized spacial score (nSPS) is 10.4. The number of amides is 1. The van der Waals surface area contributed by atoms with Crippen LogP contribution in [0.1, 0.15) is 10.4 Å². The first kappa shape index (κ1) is 15.5. The number of aliphatic hydroxyl groups excluding tert-OH is 1. The summed E-state index contributed by atoms with van der Waals surface area (Å²) in [5, 5.41) is 10.3. The van der Waals surface area contributed by atoms with Crippen LogP contribution >= 0.6 is 11.3 Å². The molecule has 0 unspecified atom stereocenters. The lowest BCUT2D eigenvalue weighted by Crippen LogP contribution is -2.39. The fraction of sp³-hybridized carbons (Fsp3) is 0.300. The lowest BCUT2D eigenvalue weighted by molar-refractivity contribution is 0.177. The first-order valence-electron chi connectivity index (χ1n) is 4.99. The minimum Gasteiger partial charge on any atom is -0.452 e. The van der Waals surface area contributed by atoms with Crippen molar-refractivity contribution < 1.29 is 23.1 Å². The minimum atomic E-state index is -3.94. The summed E-state index contributed by atoms with van der Waals surface area (Å²) in [6.45, 7) is -0.210. The number of hydrogen-bond donors (Lipinski definition) is 3. The third kappa shape index (κ3) is 5.71. The fourth-order valence-electron chi connectivity index (χ4n) is 1.03. The van der Waals surface area contributed by atoms with Crippen molar-refractivity contribution in [1.29, 1.82) is 0 Å². The third-order valence-electron chi connectivity index (χ3n) is 1.81. The molecule has 0 aromatic carbocycles. The van der Waals surface area contributed by atoms with Gasteiger partial charge in [-0.15, -0.1) is 11.3 Å². The van der Waals surface area contributed by atoms with Crippen LogP contribution in [0.25, 0.3) is 0 Å². The lowest BCUT2D eigenvalue weighted by atomic mass is 10.3. The zero-order chi connectivity index (χ0) is 14.3. The van der Waals surface area contributed by atoms with Gasteiger partial charge in [-0.1, -0.05) is 11.8 Å². The highest BCUT2D eigenvalue weighted by molar-refractivity contribution is 7.88. The van der Waals surface area contributed by atoms with Gasteiger partial charge in [0.25, 0.3) is 0 Å². The van der Waals surface area contributed by atoms with Crippen LogP contribution in [0.3, 0.4) is 0 Å². The number of rotatable bonds is 4. The molecule has 9 heteroatoms. The van der Waals surface area contributed by atoms with Crippen LogP contribution in [-0.2, 0) is 21.5 Å². The maximum atomic E-state index is 11.4. The van der Waals surface area contributed by atoms with Crippen LogP contribution in [0.5, 0.6) is 0 Å². The van der Waals surface area contributed by atoms with E-state index in [0.29, 0.717) is 5.56 Å². The van der Waals surface area contributed by atoms with Gasteiger partial charge in [0.2, 0.25) is 0 Å². The Kier molecular flexibility index (Phi) is 5.78. The summed E-state index contributed by atoms with van der Waals surface area (Å²) >= 11 is 1.31. The molecule has 0 bridgehead atoms. The summed E-state index contributed by atoms with van der Waals surface area (Å²) in [4.78, 5) is 11.5. The van der Waals surface area contributed by atoms with Crippen molar-refractivity contribution in [3.8, 4) is 11.8 Å². The molecule has 1 rings (SSSR count). The van der Waals surface area contributed by atoms with Gasteiger partial charge in [0.1, 0.15) is 6.61 Å². The summed E-state index contributed by atoms with van der Waals surface area (Å²) in [6.07, 6.45) is -1.06. The molecule has 0 aliphatic carbocycles. The van der Waals surface area contributed by atoms with Crippen molar-refractivity contribution in [1.82, 2.24) is 9.44 Å². The average molecular weight is 304 g/mol. The Labute approximate surface area is 114 Å². The van der Waals surface area contributed by atoms with E-state index in [1.54, 1.807) is 16.2 Å². The van der Waals surface area contributed by atoms with Crippen molar-refractivity contribution in [3.05, 3.63) is 21.9 Å². The SMILES string of the molecule is COC(=O)NS(=O)(=O)NCc1cc(C#CCO)cs1. The number of carbonyl (C=O) groups excluding carboxylic acids is 1. The average Bonchev–Trinajstić information content (AvgIpc) is 2.81. The van der Waals surface area contributed by atoms with Gasteiger partial charge in [0, 0.05) is 22.4 Å². The zero-order valence-corrected chi connectivity index (χ0v) is 11.6. The van der Waals surface area contributed by atoms with Crippen molar-refractivity contribution in [2.24, 2.45) is 0 Å². The second kappa shape index (κ2) is 7.10. The first-order valence-corrected chi connectivity index (χ1v) is 7.35. The van der Waals surface area contributed by atoms with Crippen LogP contribution < -0.4 is 9.44 Å². The van der Waals surface area contributed by atoms with E-state index in [2.05, 4.69) is 21.3 Å². The topological polar surface area (TPSA) is 105 Å². The molecule has 1 aromatic rings. The van der Waals surface area contributed by atoms with E-state index in [0.717, 1.165) is 12.0 Å². The Morgan fingerprint density at radius 3 is 2.95 bits per heavy atom. The molecule has 0 aliphatic rings. The first-order chi connectivity index (χ1) is 8.96. The van der Waals surface area contributed by atoms with E-state index in [-0.39, 0.29) is 13.2 Å². The number of methoxy groups -OCH3 is 1. The van der Waals surface area contributed by atoms with Crippen molar-refractivity contribution in [2.75, 3.05) is 13.7 Å². The molecular weight excluding hydrogens is 292 g/mol. The molecular formula is C10H12N2O5S2. The van der Waals surface area contributed by atoms with E-state index in [4.69, 9.17) is 5.11 Å². The number of nitrogens with one attached hydrogen (secondary N) is 2. The molecule has 0 saturated heterocycles. The van der Waals surface area contributed by atoms with Gasteiger partial charge < -0.3 is 9.84 Å². The van der Waals surface area contributed by atoms with Crippen LogP contribution in [0, 0.1) is 11.8 Å². The number of aliphatic hydroxyl groups is 1. The summed E-state index contributed by atoms with van der Waals surface area (Å²) in [5.74, 6) is 5.18. The Morgan fingerprint density at radius 1 is 1.58 bits per heavy atom. The largest absolute Gasteiger partial charge is 0.452 e. The molecule has 1 aromatic heterocycles. The Balaban J connectivity index is 2.57. The maximum Gasteiger partial charge on any atom is 0.421 e. The Morgan fingerprint density at radius 2 is 2.32 bits per heavy atom. The number of carbonyl (C=O) groups is 1. The Hall–Kier alpha value is -1.60. The van der Waals surface area contributed by atoms with Crippen molar-refractivity contribution in [2.45, 2.75) is 6.54 Å². The van der Waals surface area contributed by atoms with Gasteiger partial charge >= 0.3 is 16.3 Å². The second-order valence-electron chi connectivity index (χ2n) is 3.18. The molecule has 104 valence electrons. The van der Waals surface area contributed by atoms with E-state index in [1.807, 2.05) is 0 Å². The summed E-state index contributed by atoms with van der Waals surface area (Å²) in [7, 11) is -2.88. The van der Waals surface area contributed by atoms with Gasteiger partial charge in [0.15, 0.2) is 0 Å². The van der Waals surface area contributed by atoms with Gasteiger partial charge in [0.05, 0.1) is 7.11 Å². The molecule has 7 nitrogen and oxygen atoms in total. The quantitative estimate of drug-likeness (QED) is 0.667. The van der Waals surface area contributed by atoms with Gasteiger partial charge in [-0.2, -0.15) is 13.1 Å². The fourth-order valence-corrected chi connectivity index (χ4v) is 2.60. The summed E-state index contributed by atoms with van der Waals surface area (Å²) in [5.41, 5.74) is 0.689. The van der Waals surface area contributed by atoms with E-state index in [1.165, 1.54) is 11.3 Å². The number of thiophene rings is 1. The van der Waals surface area contributed by atoms with Crippen molar-refractivity contribution in [3.63, 3.8) is 0 Å². The molecule has 0 saturated carbocycles. The highest BCUT2D eigenvalue weighted by Crippen LogP contribution is 2.13.